The van der Waals surface area contributed by atoms with Gasteiger partial charge in [0.15, 0.2) is 0 Å². The van der Waals surface area contributed by atoms with Gasteiger partial charge < -0.3 is 15.6 Å². The Kier molecular flexibility index (Phi) is 5.40. The van der Waals surface area contributed by atoms with E-state index < -0.39 is 5.97 Å². The van der Waals surface area contributed by atoms with Crippen molar-refractivity contribution < 1.29 is 14.6 Å². The van der Waals surface area contributed by atoms with Gasteiger partial charge in [-0.2, -0.15) is 0 Å². The van der Waals surface area contributed by atoms with Crippen molar-refractivity contribution in [2.45, 2.75) is 64.5 Å². The Balaban J connectivity index is 2.77. The second-order valence-corrected chi connectivity index (χ2v) is 5.18. The molecule has 0 saturated carbocycles. The molecule has 0 aromatic carbocycles. The van der Waals surface area contributed by atoms with Crippen LogP contribution in [0.15, 0.2) is 0 Å². The molecule has 1 saturated heterocycles. The maximum Gasteiger partial charge on any atom is 0.303 e. The average molecular weight is 243 g/mol. The third kappa shape index (κ3) is 3.68. The molecule has 0 aliphatic carbocycles. The third-order valence-corrected chi connectivity index (χ3v) is 3.93. The quantitative estimate of drug-likeness (QED) is 0.750. The highest BCUT2D eigenvalue weighted by Gasteiger charge is 2.42. The van der Waals surface area contributed by atoms with E-state index in [1.165, 1.54) is 0 Å². The third-order valence-electron chi connectivity index (χ3n) is 3.93. The first kappa shape index (κ1) is 14.5. The Morgan fingerprint density at radius 1 is 1.59 bits per heavy atom. The Labute approximate surface area is 104 Å². The minimum Gasteiger partial charge on any atom is -0.481 e. The van der Waals surface area contributed by atoms with Crippen molar-refractivity contribution in [3.05, 3.63) is 0 Å². The molecule has 100 valence electrons. The summed E-state index contributed by atoms with van der Waals surface area (Å²) >= 11 is 0. The predicted molar refractivity (Wildman–Crippen MR) is 66.8 cm³/mol. The van der Waals surface area contributed by atoms with Gasteiger partial charge in [-0.05, 0) is 25.7 Å². The van der Waals surface area contributed by atoms with Crippen LogP contribution in [0.25, 0.3) is 0 Å². The number of aliphatic carboxylic acids is 1. The molecule has 3 N–H and O–H groups in total. The van der Waals surface area contributed by atoms with Gasteiger partial charge >= 0.3 is 5.97 Å². The molecule has 17 heavy (non-hydrogen) atoms. The molecule has 4 heteroatoms. The number of ether oxygens (including phenoxy) is 1. The minimum atomic E-state index is -0.744. The number of rotatable bonds is 6. The zero-order chi connectivity index (χ0) is 12.9. The van der Waals surface area contributed by atoms with E-state index >= 15 is 0 Å². The fraction of sp³-hybridized carbons (Fsp3) is 0.923. The summed E-state index contributed by atoms with van der Waals surface area (Å²) in [6.45, 7) is 4.79. The smallest absolute Gasteiger partial charge is 0.303 e. The van der Waals surface area contributed by atoms with Gasteiger partial charge in [0.05, 0.1) is 12.5 Å². The molecule has 1 aliphatic heterocycles. The lowest BCUT2D eigenvalue weighted by molar-refractivity contribution is -0.144. The molecule has 0 bridgehead atoms. The highest BCUT2D eigenvalue weighted by Crippen LogP contribution is 2.41. The van der Waals surface area contributed by atoms with Crippen molar-refractivity contribution in [1.29, 1.82) is 0 Å². The standard InChI is InChI=1S/C13H25NO3/c1-3-5-10-8-13(6-7-17-10,9-12(15)16)11(14)4-2/h10-11H,3-9,14H2,1-2H3,(H,15,16). The molecule has 1 aliphatic rings. The van der Waals surface area contributed by atoms with Crippen LogP contribution in [0.5, 0.6) is 0 Å². The predicted octanol–water partition coefficient (Wildman–Crippen LogP) is 2.16. The molecule has 4 nitrogen and oxygen atoms in total. The summed E-state index contributed by atoms with van der Waals surface area (Å²) in [5.74, 6) is -0.744. The topological polar surface area (TPSA) is 72.5 Å². The molecule has 3 atom stereocenters. The molecule has 0 spiro atoms. The molecule has 1 rings (SSSR count). The van der Waals surface area contributed by atoms with Crippen LogP contribution in [0.2, 0.25) is 0 Å². The SMILES string of the molecule is CCCC1CC(CC(=O)O)(C(N)CC)CCO1. The number of hydrogen-bond donors (Lipinski definition) is 2. The summed E-state index contributed by atoms with van der Waals surface area (Å²) in [4.78, 5) is 11.1. The first-order chi connectivity index (χ1) is 8.04. The first-order valence-electron chi connectivity index (χ1n) is 6.63. The van der Waals surface area contributed by atoms with Gasteiger partial charge in [-0.15, -0.1) is 0 Å². The van der Waals surface area contributed by atoms with Crippen LogP contribution in [-0.2, 0) is 9.53 Å². The number of hydrogen-bond acceptors (Lipinski definition) is 3. The lowest BCUT2D eigenvalue weighted by atomic mass is 9.68. The summed E-state index contributed by atoms with van der Waals surface area (Å²) in [7, 11) is 0. The van der Waals surface area contributed by atoms with Gasteiger partial charge in [-0.25, -0.2) is 0 Å². The van der Waals surface area contributed by atoms with Crippen molar-refractivity contribution in [2.75, 3.05) is 6.61 Å². The highest BCUT2D eigenvalue weighted by molar-refractivity contribution is 5.68. The van der Waals surface area contributed by atoms with Crippen molar-refractivity contribution in [2.24, 2.45) is 11.1 Å². The van der Waals surface area contributed by atoms with E-state index in [-0.39, 0.29) is 24.0 Å². The van der Waals surface area contributed by atoms with Gasteiger partial charge in [0, 0.05) is 18.1 Å². The highest BCUT2D eigenvalue weighted by atomic mass is 16.5. The lowest BCUT2D eigenvalue weighted by Crippen LogP contribution is -2.48. The number of nitrogens with two attached hydrogens (primary N) is 1. The minimum absolute atomic E-state index is 0.0399. The number of carboxylic acid groups (broad SMARTS) is 1. The van der Waals surface area contributed by atoms with E-state index in [1.807, 2.05) is 6.92 Å². The van der Waals surface area contributed by atoms with Gasteiger partial charge in [0.2, 0.25) is 0 Å². The number of carboxylic acids is 1. The van der Waals surface area contributed by atoms with Crippen molar-refractivity contribution in [3.63, 3.8) is 0 Å². The molecule has 0 aromatic heterocycles. The van der Waals surface area contributed by atoms with E-state index in [0.29, 0.717) is 6.61 Å². The van der Waals surface area contributed by atoms with E-state index in [4.69, 9.17) is 15.6 Å². The molecular formula is C13H25NO3. The van der Waals surface area contributed by atoms with E-state index in [9.17, 15) is 4.79 Å². The van der Waals surface area contributed by atoms with E-state index in [0.717, 1.165) is 32.1 Å². The maximum atomic E-state index is 11.1. The molecular weight excluding hydrogens is 218 g/mol. The van der Waals surface area contributed by atoms with E-state index in [2.05, 4.69) is 6.92 Å². The Hall–Kier alpha value is -0.610. The first-order valence-corrected chi connectivity index (χ1v) is 6.63. The van der Waals surface area contributed by atoms with Gasteiger partial charge in [-0.1, -0.05) is 20.3 Å². The fourth-order valence-corrected chi connectivity index (χ4v) is 2.91. The van der Waals surface area contributed by atoms with Gasteiger partial charge in [-0.3, -0.25) is 4.79 Å². The summed E-state index contributed by atoms with van der Waals surface area (Å²) in [5, 5.41) is 9.10. The Bertz CT molecular complexity index is 255. The molecule has 1 fully saturated rings. The molecule has 0 radical (unpaired) electrons. The Morgan fingerprint density at radius 3 is 2.82 bits per heavy atom. The molecule has 1 heterocycles. The van der Waals surface area contributed by atoms with Gasteiger partial charge in [0.25, 0.3) is 0 Å². The number of carbonyl (C=O) groups is 1. The lowest BCUT2D eigenvalue weighted by Gasteiger charge is -2.44. The molecule has 3 unspecified atom stereocenters. The average Bonchev–Trinajstić information content (AvgIpc) is 2.28. The summed E-state index contributed by atoms with van der Waals surface area (Å²) in [6.07, 6.45) is 4.81. The zero-order valence-corrected chi connectivity index (χ0v) is 10.9. The summed E-state index contributed by atoms with van der Waals surface area (Å²) in [6, 6.07) is -0.0399. The van der Waals surface area contributed by atoms with Crippen LogP contribution in [0.4, 0.5) is 0 Å². The van der Waals surface area contributed by atoms with Crippen LogP contribution < -0.4 is 5.73 Å². The largest absolute Gasteiger partial charge is 0.481 e. The van der Waals surface area contributed by atoms with Crippen LogP contribution in [-0.4, -0.2) is 29.8 Å². The Morgan fingerprint density at radius 2 is 2.29 bits per heavy atom. The van der Waals surface area contributed by atoms with Crippen LogP contribution in [0, 0.1) is 5.41 Å². The zero-order valence-electron chi connectivity index (χ0n) is 10.9. The fourth-order valence-electron chi connectivity index (χ4n) is 2.91. The molecule has 0 aromatic rings. The monoisotopic (exact) mass is 243 g/mol. The normalized spacial score (nSPS) is 31.1. The summed E-state index contributed by atoms with van der Waals surface area (Å²) < 4.78 is 5.70. The second kappa shape index (κ2) is 6.36. The van der Waals surface area contributed by atoms with Crippen molar-refractivity contribution in [3.8, 4) is 0 Å². The maximum absolute atomic E-state index is 11.1. The van der Waals surface area contributed by atoms with Crippen molar-refractivity contribution in [1.82, 2.24) is 0 Å². The molecule has 0 amide bonds. The van der Waals surface area contributed by atoms with Crippen LogP contribution >= 0.6 is 0 Å². The van der Waals surface area contributed by atoms with E-state index in [1.54, 1.807) is 0 Å². The second-order valence-electron chi connectivity index (χ2n) is 5.18. The van der Waals surface area contributed by atoms with Gasteiger partial charge in [0.1, 0.15) is 0 Å². The van der Waals surface area contributed by atoms with Crippen LogP contribution in [0.1, 0.15) is 52.4 Å². The van der Waals surface area contributed by atoms with Crippen LogP contribution in [0.3, 0.4) is 0 Å². The summed E-state index contributed by atoms with van der Waals surface area (Å²) in [5.41, 5.74) is 5.91. The van der Waals surface area contributed by atoms with Crippen molar-refractivity contribution >= 4 is 5.97 Å².